The van der Waals surface area contributed by atoms with Crippen LogP contribution in [-0.2, 0) is 6.54 Å². The van der Waals surface area contributed by atoms with E-state index in [0.29, 0.717) is 30.6 Å². The summed E-state index contributed by atoms with van der Waals surface area (Å²) < 4.78 is 0. The van der Waals surface area contributed by atoms with Crippen LogP contribution in [0.1, 0.15) is 62.6 Å². The standard InChI is InChI=1S/C18H28N4OS/c1-12(2)22-15-5-6-16(22)10-21(8-7-15)18(23)19-9-14-11-24-17(20-14)13-3-4-13/h11-13,15-16H,3-10H2,1-2H3,(H,19,23)/t15-,16-/m0/s1. The van der Waals surface area contributed by atoms with Gasteiger partial charge in [-0.2, -0.15) is 0 Å². The predicted octanol–water partition coefficient (Wildman–Crippen LogP) is 3.18. The lowest BCUT2D eigenvalue weighted by atomic mass is 10.1. The van der Waals surface area contributed by atoms with E-state index in [1.807, 2.05) is 4.90 Å². The zero-order chi connectivity index (χ0) is 16.7. The Balaban J connectivity index is 1.32. The van der Waals surface area contributed by atoms with Crippen molar-refractivity contribution < 1.29 is 4.79 Å². The number of thiazole rings is 1. The first-order valence-corrected chi connectivity index (χ1v) is 10.2. The number of hydrogen-bond acceptors (Lipinski definition) is 4. The zero-order valence-electron chi connectivity index (χ0n) is 14.7. The molecule has 1 aliphatic carbocycles. The van der Waals surface area contributed by atoms with Crippen LogP contribution in [-0.4, -0.2) is 52.0 Å². The van der Waals surface area contributed by atoms with E-state index in [0.717, 1.165) is 25.2 Å². The molecule has 0 radical (unpaired) electrons. The molecule has 132 valence electrons. The molecule has 0 spiro atoms. The molecule has 3 heterocycles. The van der Waals surface area contributed by atoms with Gasteiger partial charge in [0.1, 0.15) is 0 Å². The van der Waals surface area contributed by atoms with Gasteiger partial charge in [-0.05, 0) is 46.0 Å². The first kappa shape index (κ1) is 16.3. The largest absolute Gasteiger partial charge is 0.332 e. The fraction of sp³-hybridized carbons (Fsp3) is 0.778. The van der Waals surface area contributed by atoms with Gasteiger partial charge in [0.25, 0.3) is 0 Å². The van der Waals surface area contributed by atoms with E-state index in [1.165, 1.54) is 30.7 Å². The topological polar surface area (TPSA) is 48.5 Å². The Bertz CT molecular complexity index is 598. The van der Waals surface area contributed by atoms with Crippen molar-refractivity contribution in [3.8, 4) is 0 Å². The van der Waals surface area contributed by atoms with Gasteiger partial charge in [0.2, 0.25) is 0 Å². The molecule has 2 bridgehead atoms. The van der Waals surface area contributed by atoms with Crippen molar-refractivity contribution in [2.45, 2.75) is 76.5 Å². The molecular formula is C18H28N4OS. The number of carbonyl (C=O) groups is 1. The Kier molecular flexibility index (Phi) is 4.52. The fourth-order valence-corrected chi connectivity index (χ4v) is 5.33. The Hall–Kier alpha value is -1.14. The van der Waals surface area contributed by atoms with E-state index >= 15 is 0 Å². The van der Waals surface area contributed by atoms with Crippen LogP contribution in [0, 0.1) is 0 Å². The summed E-state index contributed by atoms with van der Waals surface area (Å²) in [6.07, 6.45) is 6.18. The lowest BCUT2D eigenvalue weighted by Gasteiger charge is -2.32. The van der Waals surface area contributed by atoms with Crippen molar-refractivity contribution in [2.24, 2.45) is 0 Å². The number of fused-ring (bicyclic) bond motifs is 2. The van der Waals surface area contributed by atoms with Crippen LogP contribution < -0.4 is 5.32 Å². The Labute approximate surface area is 148 Å². The van der Waals surface area contributed by atoms with Crippen LogP contribution in [0.4, 0.5) is 4.79 Å². The van der Waals surface area contributed by atoms with Gasteiger partial charge in [0.05, 0.1) is 17.2 Å². The van der Waals surface area contributed by atoms with E-state index in [-0.39, 0.29) is 6.03 Å². The monoisotopic (exact) mass is 348 g/mol. The second-order valence-corrected chi connectivity index (χ2v) is 8.66. The molecule has 2 aliphatic heterocycles. The number of carbonyl (C=O) groups excluding carboxylic acids is 1. The molecule has 3 fully saturated rings. The summed E-state index contributed by atoms with van der Waals surface area (Å²) in [5, 5.41) is 6.43. The summed E-state index contributed by atoms with van der Waals surface area (Å²) in [5.74, 6) is 0.697. The quantitative estimate of drug-likeness (QED) is 0.909. The summed E-state index contributed by atoms with van der Waals surface area (Å²) in [7, 11) is 0. The lowest BCUT2D eigenvalue weighted by molar-refractivity contribution is 0.147. The summed E-state index contributed by atoms with van der Waals surface area (Å²) in [4.78, 5) is 21.9. The minimum absolute atomic E-state index is 0.0761. The lowest BCUT2D eigenvalue weighted by Crippen LogP contribution is -2.46. The van der Waals surface area contributed by atoms with Crippen molar-refractivity contribution in [3.05, 3.63) is 16.1 Å². The van der Waals surface area contributed by atoms with Crippen molar-refractivity contribution in [2.75, 3.05) is 13.1 Å². The zero-order valence-corrected chi connectivity index (χ0v) is 15.5. The first-order chi connectivity index (χ1) is 11.6. The van der Waals surface area contributed by atoms with Crippen molar-refractivity contribution in [1.82, 2.24) is 20.1 Å². The van der Waals surface area contributed by atoms with Crippen molar-refractivity contribution >= 4 is 17.4 Å². The van der Waals surface area contributed by atoms with Gasteiger partial charge in [-0.3, -0.25) is 4.90 Å². The maximum absolute atomic E-state index is 12.6. The highest BCUT2D eigenvalue weighted by atomic mass is 32.1. The molecule has 1 aromatic heterocycles. The number of urea groups is 1. The highest BCUT2D eigenvalue weighted by Gasteiger charge is 2.39. The van der Waals surface area contributed by atoms with Crippen LogP contribution in [0.3, 0.4) is 0 Å². The number of nitrogens with zero attached hydrogens (tertiary/aromatic N) is 3. The summed E-state index contributed by atoms with van der Waals surface area (Å²) in [6, 6.07) is 1.84. The Morgan fingerprint density at radius 2 is 2.08 bits per heavy atom. The maximum atomic E-state index is 12.6. The molecule has 1 aromatic rings. The summed E-state index contributed by atoms with van der Waals surface area (Å²) >= 11 is 1.74. The average Bonchev–Trinajstić information content (AvgIpc) is 3.19. The number of aromatic nitrogens is 1. The molecule has 4 rings (SSSR count). The number of amides is 2. The number of rotatable bonds is 4. The Morgan fingerprint density at radius 3 is 2.83 bits per heavy atom. The van der Waals surface area contributed by atoms with Gasteiger partial charge in [-0.1, -0.05) is 0 Å². The van der Waals surface area contributed by atoms with Gasteiger partial charge in [-0.25, -0.2) is 9.78 Å². The van der Waals surface area contributed by atoms with Crippen molar-refractivity contribution in [1.29, 1.82) is 0 Å². The molecule has 6 heteroatoms. The molecule has 3 aliphatic rings. The van der Waals surface area contributed by atoms with Crippen LogP contribution in [0.15, 0.2) is 5.38 Å². The average molecular weight is 349 g/mol. The van der Waals surface area contributed by atoms with E-state index < -0.39 is 0 Å². The number of hydrogen-bond donors (Lipinski definition) is 1. The number of likely N-dealkylation sites (tertiary alicyclic amines) is 1. The van der Waals surface area contributed by atoms with Gasteiger partial charge in [0, 0.05) is 42.5 Å². The van der Waals surface area contributed by atoms with Crippen molar-refractivity contribution in [3.63, 3.8) is 0 Å². The second kappa shape index (κ2) is 6.64. The SMILES string of the molecule is CC(C)N1[C@H]2CC[C@H]1CN(C(=O)NCc1csc(C3CC3)n1)CC2. The minimum atomic E-state index is 0.0761. The fourth-order valence-electron chi connectivity index (χ4n) is 4.34. The van der Waals surface area contributed by atoms with E-state index in [4.69, 9.17) is 0 Å². The third-order valence-electron chi connectivity index (χ3n) is 5.64. The number of nitrogens with one attached hydrogen (secondary N) is 1. The third kappa shape index (κ3) is 3.31. The van der Waals surface area contributed by atoms with Gasteiger partial charge in [-0.15, -0.1) is 11.3 Å². The molecule has 2 atom stereocenters. The molecule has 1 N–H and O–H groups in total. The van der Waals surface area contributed by atoms with Crippen LogP contribution in [0.25, 0.3) is 0 Å². The molecule has 1 saturated carbocycles. The summed E-state index contributed by atoms with van der Waals surface area (Å²) in [6.45, 7) is 6.85. The first-order valence-electron chi connectivity index (χ1n) is 9.36. The Morgan fingerprint density at radius 1 is 1.29 bits per heavy atom. The minimum Gasteiger partial charge on any atom is -0.332 e. The highest BCUT2D eigenvalue weighted by molar-refractivity contribution is 7.09. The van der Waals surface area contributed by atoms with E-state index in [9.17, 15) is 4.79 Å². The normalized spacial score (nSPS) is 27.5. The maximum Gasteiger partial charge on any atom is 0.317 e. The molecular weight excluding hydrogens is 320 g/mol. The van der Waals surface area contributed by atoms with Gasteiger partial charge < -0.3 is 10.2 Å². The second-order valence-electron chi connectivity index (χ2n) is 7.77. The van der Waals surface area contributed by atoms with Crippen LogP contribution >= 0.6 is 11.3 Å². The van der Waals surface area contributed by atoms with Gasteiger partial charge >= 0.3 is 6.03 Å². The molecule has 2 amide bonds. The van der Waals surface area contributed by atoms with Gasteiger partial charge in [0.15, 0.2) is 0 Å². The molecule has 5 nitrogen and oxygen atoms in total. The van der Waals surface area contributed by atoms with E-state index in [1.54, 1.807) is 11.3 Å². The highest BCUT2D eigenvalue weighted by Crippen LogP contribution is 2.41. The van der Waals surface area contributed by atoms with Crippen LogP contribution in [0.5, 0.6) is 0 Å². The summed E-state index contributed by atoms with van der Waals surface area (Å²) in [5.41, 5.74) is 1.01. The molecule has 0 aromatic carbocycles. The smallest absolute Gasteiger partial charge is 0.317 e. The van der Waals surface area contributed by atoms with E-state index in [2.05, 4.69) is 34.4 Å². The molecule has 24 heavy (non-hydrogen) atoms. The molecule has 2 saturated heterocycles. The van der Waals surface area contributed by atoms with Crippen LogP contribution in [0.2, 0.25) is 0 Å². The molecule has 0 unspecified atom stereocenters. The predicted molar refractivity (Wildman–Crippen MR) is 96.3 cm³/mol. The third-order valence-corrected chi connectivity index (χ3v) is 6.70.